The average molecular weight is 357 g/mol. The Hall–Kier alpha value is -1.14. The van der Waals surface area contributed by atoms with E-state index in [1.54, 1.807) is 7.11 Å². The standard InChI is InChI=1S/C19H35NO5/c1-4-8-16(5-2)20-18(23)19(9-6-7-10-19)13-15(17(21)22)14-25-12-11-24-3/h15-16H,4-14H2,1-3H3,(H,20,23)(H,21,22). The third-order valence-corrected chi connectivity index (χ3v) is 5.24. The summed E-state index contributed by atoms with van der Waals surface area (Å²) in [4.78, 5) is 24.6. The number of carboxylic acid groups (broad SMARTS) is 1. The van der Waals surface area contributed by atoms with Crippen LogP contribution in [0.2, 0.25) is 0 Å². The first-order valence-electron chi connectivity index (χ1n) is 9.59. The lowest BCUT2D eigenvalue weighted by Crippen LogP contribution is -2.46. The lowest BCUT2D eigenvalue weighted by molar-refractivity contribution is -0.147. The molecule has 1 rings (SSSR count). The van der Waals surface area contributed by atoms with Gasteiger partial charge in [-0.3, -0.25) is 9.59 Å². The van der Waals surface area contributed by atoms with E-state index in [-0.39, 0.29) is 18.6 Å². The van der Waals surface area contributed by atoms with Crippen molar-refractivity contribution >= 4 is 11.9 Å². The molecule has 0 aliphatic heterocycles. The Bertz CT molecular complexity index is 407. The predicted molar refractivity (Wildman–Crippen MR) is 96.5 cm³/mol. The van der Waals surface area contributed by atoms with E-state index in [0.717, 1.165) is 44.9 Å². The van der Waals surface area contributed by atoms with Crippen molar-refractivity contribution in [3.8, 4) is 0 Å². The number of hydrogen-bond donors (Lipinski definition) is 2. The zero-order chi connectivity index (χ0) is 18.7. The van der Waals surface area contributed by atoms with Gasteiger partial charge in [0, 0.05) is 13.2 Å². The van der Waals surface area contributed by atoms with Gasteiger partial charge in [-0.25, -0.2) is 0 Å². The Labute approximate surface area is 151 Å². The molecule has 2 atom stereocenters. The molecule has 0 aromatic heterocycles. The number of hydrogen-bond acceptors (Lipinski definition) is 4. The summed E-state index contributed by atoms with van der Waals surface area (Å²) in [5, 5.41) is 12.7. The van der Waals surface area contributed by atoms with Crippen molar-refractivity contribution in [2.45, 2.75) is 71.3 Å². The van der Waals surface area contributed by atoms with Crippen LogP contribution in [0.3, 0.4) is 0 Å². The van der Waals surface area contributed by atoms with E-state index in [1.165, 1.54) is 0 Å². The first kappa shape index (κ1) is 21.9. The van der Waals surface area contributed by atoms with E-state index in [0.29, 0.717) is 19.6 Å². The number of carbonyl (C=O) groups excluding carboxylic acids is 1. The molecule has 1 fully saturated rings. The Kier molecular flexibility index (Phi) is 10.0. The Morgan fingerprint density at radius 1 is 1.20 bits per heavy atom. The van der Waals surface area contributed by atoms with Crippen molar-refractivity contribution in [1.82, 2.24) is 5.32 Å². The fraction of sp³-hybridized carbons (Fsp3) is 0.895. The molecule has 0 aromatic carbocycles. The first-order chi connectivity index (χ1) is 12.0. The Morgan fingerprint density at radius 3 is 2.40 bits per heavy atom. The molecule has 1 amide bonds. The van der Waals surface area contributed by atoms with Crippen molar-refractivity contribution in [1.29, 1.82) is 0 Å². The molecule has 6 heteroatoms. The maximum atomic E-state index is 13.0. The molecule has 1 aliphatic rings. The lowest BCUT2D eigenvalue weighted by Gasteiger charge is -2.32. The van der Waals surface area contributed by atoms with E-state index in [2.05, 4.69) is 19.2 Å². The fourth-order valence-electron chi connectivity index (χ4n) is 3.70. The van der Waals surface area contributed by atoms with Gasteiger partial charge in [-0.05, 0) is 32.1 Å². The average Bonchev–Trinajstić information content (AvgIpc) is 3.06. The van der Waals surface area contributed by atoms with Gasteiger partial charge >= 0.3 is 5.97 Å². The number of rotatable bonds is 13. The van der Waals surface area contributed by atoms with Gasteiger partial charge in [0.25, 0.3) is 0 Å². The Morgan fingerprint density at radius 2 is 1.88 bits per heavy atom. The van der Waals surface area contributed by atoms with E-state index in [1.807, 2.05) is 0 Å². The summed E-state index contributed by atoms with van der Waals surface area (Å²) >= 11 is 0. The highest BCUT2D eigenvalue weighted by molar-refractivity contribution is 5.84. The minimum atomic E-state index is -0.892. The second-order valence-corrected chi connectivity index (χ2v) is 7.16. The van der Waals surface area contributed by atoms with Crippen molar-refractivity contribution in [2.75, 3.05) is 26.9 Å². The highest BCUT2D eigenvalue weighted by Crippen LogP contribution is 2.43. The third kappa shape index (κ3) is 6.94. The minimum Gasteiger partial charge on any atom is -0.481 e. The summed E-state index contributed by atoms with van der Waals surface area (Å²) in [7, 11) is 1.58. The summed E-state index contributed by atoms with van der Waals surface area (Å²) in [5.74, 6) is -1.52. The van der Waals surface area contributed by atoms with E-state index in [4.69, 9.17) is 9.47 Å². The van der Waals surface area contributed by atoms with Crippen LogP contribution in [0, 0.1) is 11.3 Å². The van der Waals surface area contributed by atoms with Crippen LogP contribution >= 0.6 is 0 Å². The quantitative estimate of drug-likeness (QED) is 0.495. The zero-order valence-electron chi connectivity index (χ0n) is 16.0. The van der Waals surface area contributed by atoms with Gasteiger partial charge in [-0.2, -0.15) is 0 Å². The topological polar surface area (TPSA) is 84.9 Å². The molecule has 0 radical (unpaired) electrons. The van der Waals surface area contributed by atoms with Crippen molar-refractivity contribution in [3.05, 3.63) is 0 Å². The highest BCUT2D eigenvalue weighted by Gasteiger charge is 2.44. The van der Waals surface area contributed by atoms with Crippen LogP contribution in [-0.2, 0) is 19.1 Å². The number of ether oxygens (including phenoxy) is 2. The van der Waals surface area contributed by atoms with Crippen molar-refractivity contribution in [2.24, 2.45) is 11.3 Å². The van der Waals surface area contributed by atoms with Crippen LogP contribution in [0.25, 0.3) is 0 Å². The van der Waals surface area contributed by atoms with Gasteiger partial charge in [0.2, 0.25) is 5.91 Å². The predicted octanol–water partition coefficient (Wildman–Crippen LogP) is 3.00. The molecular weight excluding hydrogens is 322 g/mol. The molecule has 0 spiro atoms. The van der Waals surface area contributed by atoms with Crippen LogP contribution in [0.15, 0.2) is 0 Å². The molecule has 0 heterocycles. The highest BCUT2D eigenvalue weighted by atomic mass is 16.5. The summed E-state index contributed by atoms with van der Waals surface area (Å²) < 4.78 is 10.4. The van der Waals surface area contributed by atoms with Crippen molar-refractivity contribution in [3.63, 3.8) is 0 Å². The van der Waals surface area contributed by atoms with Crippen LogP contribution in [0.4, 0.5) is 0 Å². The molecule has 1 aliphatic carbocycles. The largest absolute Gasteiger partial charge is 0.481 e. The molecule has 1 saturated carbocycles. The second kappa shape index (κ2) is 11.5. The number of methoxy groups -OCH3 is 1. The van der Waals surface area contributed by atoms with E-state index >= 15 is 0 Å². The monoisotopic (exact) mass is 357 g/mol. The van der Waals surface area contributed by atoms with Crippen LogP contribution in [0.5, 0.6) is 0 Å². The second-order valence-electron chi connectivity index (χ2n) is 7.16. The van der Waals surface area contributed by atoms with Crippen LogP contribution < -0.4 is 5.32 Å². The molecular formula is C19H35NO5. The van der Waals surface area contributed by atoms with Crippen LogP contribution in [-0.4, -0.2) is 50.0 Å². The smallest absolute Gasteiger partial charge is 0.308 e. The molecule has 0 aromatic rings. The van der Waals surface area contributed by atoms with E-state index in [9.17, 15) is 14.7 Å². The maximum Gasteiger partial charge on any atom is 0.308 e. The third-order valence-electron chi connectivity index (χ3n) is 5.24. The number of amides is 1. The molecule has 0 saturated heterocycles. The summed E-state index contributed by atoms with van der Waals surface area (Å²) in [6.45, 7) is 5.12. The molecule has 2 unspecified atom stereocenters. The maximum absolute atomic E-state index is 13.0. The first-order valence-corrected chi connectivity index (χ1v) is 9.59. The molecule has 2 N–H and O–H groups in total. The number of carboxylic acids is 1. The molecule has 0 bridgehead atoms. The normalized spacial score (nSPS) is 18.7. The van der Waals surface area contributed by atoms with Gasteiger partial charge < -0.3 is 19.9 Å². The summed E-state index contributed by atoms with van der Waals surface area (Å²) in [5.41, 5.74) is -0.561. The zero-order valence-corrected chi connectivity index (χ0v) is 16.0. The van der Waals surface area contributed by atoms with Gasteiger partial charge in [-0.15, -0.1) is 0 Å². The van der Waals surface area contributed by atoms with Gasteiger partial charge in [-0.1, -0.05) is 33.1 Å². The number of aliphatic carboxylic acids is 1. The SMILES string of the molecule is CCCC(CC)NC(=O)C1(CC(COCCOC)C(=O)O)CCCC1. The summed E-state index contributed by atoms with van der Waals surface area (Å²) in [6.07, 6.45) is 6.73. The number of carbonyl (C=O) groups is 2. The lowest BCUT2D eigenvalue weighted by atomic mass is 9.76. The summed E-state index contributed by atoms with van der Waals surface area (Å²) in [6, 6.07) is 0.177. The molecule has 146 valence electrons. The van der Waals surface area contributed by atoms with E-state index < -0.39 is 17.3 Å². The minimum absolute atomic E-state index is 0.0356. The molecule has 25 heavy (non-hydrogen) atoms. The van der Waals surface area contributed by atoms with Gasteiger partial charge in [0.05, 0.1) is 31.2 Å². The fourth-order valence-corrected chi connectivity index (χ4v) is 3.70. The molecule has 6 nitrogen and oxygen atoms in total. The van der Waals surface area contributed by atoms with Crippen molar-refractivity contribution < 1.29 is 24.2 Å². The van der Waals surface area contributed by atoms with Gasteiger partial charge in [0.15, 0.2) is 0 Å². The van der Waals surface area contributed by atoms with Gasteiger partial charge in [0.1, 0.15) is 0 Å². The van der Waals surface area contributed by atoms with Crippen LogP contribution in [0.1, 0.15) is 65.2 Å². The Balaban J connectivity index is 2.74. The number of nitrogens with one attached hydrogen (secondary N) is 1.